The van der Waals surface area contributed by atoms with Crippen LogP contribution in [0.1, 0.15) is 45.9 Å². The lowest BCUT2D eigenvalue weighted by atomic mass is 10.0. The number of furan rings is 1. The fourth-order valence-corrected chi connectivity index (χ4v) is 3.37. The molecule has 2 atom stereocenters. The Morgan fingerprint density at radius 2 is 2.03 bits per heavy atom. The molecule has 0 aliphatic carbocycles. The summed E-state index contributed by atoms with van der Waals surface area (Å²) < 4.78 is 47.1. The van der Waals surface area contributed by atoms with Gasteiger partial charge in [0.2, 0.25) is 0 Å². The molecule has 2 N–H and O–H groups in total. The normalized spacial score (nSPS) is 18.8. The molecule has 6 nitrogen and oxygen atoms in total. The number of hydrogen-bond donors (Lipinski definition) is 2. The van der Waals surface area contributed by atoms with Gasteiger partial charge in [-0.05, 0) is 49.2 Å². The zero-order valence-electron chi connectivity index (χ0n) is 15.7. The van der Waals surface area contributed by atoms with Gasteiger partial charge in [-0.1, -0.05) is 6.07 Å². The van der Waals surface area contributed by atoms with Gasteiger partial charge in [-0.3, -0.25) is 4.79 Å². The van der Waals surface area contributed by atoms with Crippen molar-refractivity contribution >= 4 is 17.4 Å². The second kappa shape index (κ2) is 6.98. The smallest absolute Gasteiger partial charge is 0.410 e. The van der Waals surface area contributed by atoms with E-state index >= 15 is 0 Å². The molecule has 29 heavy (non-hydrogen) atoms. The lowest BCUT2D eigenvalue weighted by molar-refractivity contribution is -0.174. The number of benzene rings is 1. The minimum absolute atomic E-state index is 0.0972. The second-order valence-electron chi connectivity index (χ2n) is 7.12. The number of amides is 1. The van der Waals surface area contributed by atoms with Gasteiger partial charge in [-0.2, -0.15) is 18.3 Å². The summed E-state index contributed by atoms with van der Waals surface area (Å²) in [7, 11) is 0. The number of rotatable bonds is 3. The van der Waals surface area contributed by atoms with Crippen molar-refractivity contribution in [2.75, 3.05) is 10.6 Å². The van der Waals surface area contributed by atoms with Gasteiger partial charge in [0.25, 0.3) is 5.91 Å². The highest BCUT2D eigenvalue weighted by molar-refractivity contribution is 6.03. The van der Waals surface area contributed by atoms with E-state index in [1.54, 1.807) is 24.3 Å². The number of aromatic nitrogens is 2. The molecule has 3 aromatic rings. The first-order valence-electron chi connectivity index (χ1n) is 9.07. The number of fused-ring (bicyclic) bond motifs is 1. The summed E-state index contributed by atoms with van der Waals surface area (Å²) in [5.74, 6) is -0.0644. The number of nitrogens with one attached hydrogen (secondary N) is 2. The first-order chi connectivity index (χ1) is 13.7. The van der Waals surface area contributed by atoms with E-state index in [0.717, 1.165) is 15.8 Å². The predicted octanol–water partition coefficient (Wildman–Crippen LogP) is 5.01. The Balaban J connectivity index is 1.63. The minimum atomic E-state index is -4.52. The molecule has 2 unspecified atom stereocenters. The van der Waals surface area contributed by atoms with E-state index in [1.807, 2.05) is 19.9 Å². The molecule has 1 amide bonds. The van der Waals surface area contributed by atoms with Crippen LogP contribution in [0.15, 0.2) is 47.1 Å². The molecular formula is C20H19F3N4O2. The van der Waals surface area contributed by atoms with E-state index < -0.39 is 24.2 Å². The van der Waals surface area contributed by atoms with Crippen LogP contribution in [0, 0.1) is 13.8 Å². The molecule has 0 bridgehead atoms. The second-order valence-corrected chi connectivity index (χ2v) is 7.12. The largest absolute Gasteiger partial charge is 0.467 e. The van der Waals surface area contributed by atoms with Crippen LogP contribution in [-0.2, 0) is 0 Å². The fourth-order valence-electron chi connectivity index (χ4n) is 3.37. The predicted molar refractivity (Wildman–Crippen MR) is 101 cm³/mol. The van der Waals surface area contributed by atoms with Crippen LogP contribution in [0.5, 0.6) is 0 Å². The third-order valence-corrected chi connectivity index (χ3v) is 5.07. The topological polar surface area (TPSA) is 72.1 Å². The van der Waals surface area contributed by atoms with E-state index in [1.165, 1.54) is 12.3 Å². The Kier molecular flexibility index (Phi) is 4.60. The number of alkyl halides is 3. The zero-order chi connectivity index (χ0) is 20.8. The zero-order valence-corrected chi connectivity index (χ0v) is 15.7. The van der Waals surface area contributed by atoms with E-state index in [4.69, 9.17) is 4.42 Å². The van der Waals surface area contributed by atoms with Crippen LogP contribution in [-0.4, -0.2) is 21.9 Å². The first kappa shape index (κ1) is 19.1. The lowest BCUT2D eigenvalue weighted by Gasteiger charge is -2.32. The standard InChI is InChI=1S/C20H19F3N4O2/c1-11-5-6-13(8-12(11)2)24-19(28)15-10-18-25-14(16-4-3-7-29-16)9-17(20(21,22)23)27(18)26-15/h3-8,10,14,17,25H,9H2,1-2H3,(H,24,28). The van der Waals surface area contributed by atoms with Crippen LogP contribution >= 0.6 is 0 Å². The van der Waals surface area contributed by atoms with Crippen LogP contribution in [0.3, 0.4) is 0 Å². The van der Waals surface area contributed by atoms with E-state index in [0.29, 0.717) is 11.4 Å². The number of carbonyl (C=O) groups excluding carboxylic acids is 1. The summed E-state index contributed by atoms with van der Waals surface area (Å²) >= 11 is 0. The average molecular weight is 404 g/mol. The Bertz CT molecular complexity index is 1040. The molecule has 1 aliphatic heterocycles. The lowest BCUT2D eigenvalue weighted by Crippen LogP contribution is -2.35. The van der Waals surface area contributed by atoms with Crippen LogP contribution in [0.25, 0.3) is 0 Å². The van der Waals surface area contributed by atoms with Crippen LogP contribution < -0.4 is 10.6 Å². The van der Waals surface area contributed by atoms with Gasteiger partial charge in [0.1, 0.15) is 11.6 Å². The molecule has 0 spiro atoms. The van der Waals surface area contributed by atoms with Gasteiger partial charge >= 0.3 is 6.18 Å². The van der Waals surface area contributed by atoms with Gasteiger partial charge in [0.05, 0.1) is 12.3 Å². The molecule has 0 fully saturated rings. The Hall–Kier alpha value is -3.23. The summed E-state index contributed by atoms with van der Waals surface area (Å²) in [5, 5.41) is 9.61. The van der Waals surface area contributed by atoms with Crippen molar-refractivity contribution < 1.29 is 22.4 Å². The Morgan fingerprint density at radius 1 is 1.24 bits per heavy atom. The average Bonchev–Trinajstić information content (AvgIpc) is 3.32. The van der Waals surface area contributed by atoms with E-state index in [2.05, 4.69) is 15.7 Å². The molecule has 2 aromatic heterocycles. The molecule has 1 aliphatic rings. The highest BCUT2D eigenvalue weighted by atomic mass is 19.4. The number of halogens is 3. The third-order valence-electron chi connectivity index (χ3n) is 5.07. The quantitative estimate of drug-likeness (QED) is 0.644. The number of hydrogen-bond acceptors (Lipinski definition) is 4. The Morgan fingerprint density at radius 3 is 2.69 bits per heavy atom. The number of nitrogens with zero attached hydrogens (tertiary/aromatic N) is 2. The summed E-state index contributed by atoms with van der Waals surface area (Å²) in [6.07, 6.45) is -3.40. The molecule has 4 rings (SSSR count). The first-order valence-corrected chi connectivity index (χ1v) is 9.07. The molecule has 152 valence electrons. The molecular weight excluding hydrogens is 385 g/mol. The van der Waals surface area contributed by atoms with E-state index in [-0.39, 0.29) is 17.9 Å². The number of carbonyl (C=O) groups is 1. The highest BCUT2D eigenvalue weighted by Crippen LogP contribution is 2.43. The van der Waals surface area contributed by atoms with Crippen LogP contribution in [0.2, 0.25) is 0 Å². The monoisotopic (exact) mass is 404 g/mol. The maximum absolute atomic E-state index is 13.7. The fraction of sp³-hybridized carbons (Fsp3) is 0.300. The van der Waals surface area contributed by atoms with Crippen molar-refractivity contribution in [2.24, 2.45) is 0 Å². The van der Waals surface area contributed by atoms with Crippen LogP contribution in [0.4, 0.5) is 24.7 Å². The van der Waals surface area contributed by atoms with E-state index in [9.17, 15) is 18.0 Å². The summed E-state index contributed by atoms with van der Waals surface area (Å²) in [5.41, 5.74) is 2.52. The molecule has 0 saturated heterocycles. The molecule has 0 radical (unpaired) electrons. The third kappa shape index (κ3) is 3.72. The summed E-state index contributed by atoms with van der Waals surface area (Å²) in [6, 6.07) is 7.42. The molecule has 0 saturated carbocycles. The van der Waals surface area contributed by atoms with Gasteiger partial charge in [0.15, 0.2) is 11.7 Å². The SMILES string of the molecule is Cc1ccc(NC(=O)c2cc3n(n2)C(C(F)(F)F)CC(c2ccco2)N3)cc1C. The van der Waals surface area contributed by atoms with Crippen molar-refractivity contribution in [2.45, 2.75) is 38.5 Å². The minimum Gasteiger partial charge on any atom is -0.467 e. The highest BCUT2D eigenvalue weighted by Gasteiger charge is 2.47. The summed E-state index contributed by atoms with van der Waals surface area (Å²) in [4.78, 5) is 12.6. The molecule has 9 heteroatoms. The van der Waals surface area contributed by atoms with Crippen molar-refractivity contribution in [3.63, 3.8) is 0 Å². The maximum atomic E-state index is 13.7. The number of aryl methyl sites for hydroxylation is 2. The maximum Gasteiger partial charge on any atom is 0.410 e. The van der Waals surface area contributed by atoms with Crippen molar-refractivity contribution in [1.82, 2.24) is 9.78 Å². The van der Waals surface area contributed by atoms with Crippen molar-refractivity contribution in [3.05, 3.63) is 65.2 Å². The number of anilines is 2. The molecule has 3 heterocycles. The van der Waals surface area contributed by atoms with Gasteiger partial charge in [0, 0.05) is 18.2 Å². The summed E-state index contributed by atoms with van der Waals surface area (Å²) in [6.45, 7) is 3.86. The van der Waals surface area contributed by atoms with Crippen molar-refractivity contribution in [3.8, 4) is 0 Å². The van der Waals surface area contributed by atoms with Gasteiger partial charge < -0.3 is 15.1 Å². The molecule has 1 aromatic carbocycles. The Labute approximate surface area is 164 Å². The van der Waals surface area contributed by atoms with Crippen molar-refractivity contribution in [1.29, 1.82) is 0 Å². The van der Waals surface area contributed by atoms with Gasteiger partial charge in [-0.25, -0.2) is 4.68 Å². The van der Waals surface area contributed by atoms with Gasteiger partial charge in [-0.15, -0.1) is 0 Å².